The summed E-state index contributed by atoms with van der Waals surface area (Å²) in [5, 5.41) is 4.18. The van der Waals surface area contributed by atoms with E-state index in [1.807, 2.05) is 0 Å². The molecule has 2 aromatic rings. The van der Waals surface area contributed by atoms with Crippen molar-refractivity contribution in [2.45, 2.75) is 19.9 Å². The van der Waals surface area contributed by atoms with E-state index in [1.165, 1.54) is 22.3 Å². The molecule has 0 aliphatic rings. The molecule has 5 heteroatoms. The summed E-state index contributed by atoms with van der Waals surface area (Å²) in [6, 6.07) is 4.33. The third kappa shape index (κ3) is 2.70. The van der Waals surface area contributed by atoms with Crippen molar-refractivity contribution in [3.63, 3.8) is 0 Å². The average Bonchev–Trinajstić information content (AvgIpc) is 2.74. The number of nitrogens with one attached hydrogen (secondary N) is 1. The van der Waals surface area contributed by atoms with Crippen molar-refractivity contribution in [2.75, 3.05) is 0 Å². The monoisotopic (exact) mass is 388 g/mol. The number of benzene rings is 1. The fraction of sp³-hybridized carbons (Fsp3) is 0.231. The van der Waals surface area contributed by atoms with Crippen LogP contribution in [-0.4, -0.2) is 0 Å². The number of aryl methyl sites for hydroxylation is 2. The SMILES string of the molecule is Cc1cc(C(NN)c2cscc2Br)cc(C)c1Br. The Morgan fingerprint density at radius 1 is 1.17 bits per heavy atom. The summed E-state index contributed by atoms with van der Waals surface area (Å²) in [6.07, 6.45) is 0. The minimum Gasteiger partial charge on any atom is -0.271 e. The van der Waals surface area contributed by atoms with Crippen molar-refractivity contribution >= 4 is 43.2 Å². The van der Waals surface area contributed by atoms with Gasteiger partial charge in [0.25, 0.3) is 0 Å². The molecule has 1 aromatic heterocycles. The smallest absolute Gasteiger partial charge is 0.0729 e. The number of rotatable bonds is 3. The molecule has 1 heterocycles. The highest BCUT2D eigenvalue weighted by atomic mass is 79.9. The predicted octanol–water partition coefficient (Wildman–Crippen LogP) is 4.44. The minimum atomic E-state index is 0.0103. The molecule has 0 amide bonds. The first kappa shape index (κ1) is 14.2. The number of thiophene rings is 1. The van der Waals surface area contributed by atoms with Gasteiger partial charge < -0.3 is 0 Å². The topological polar surface area (TPSA) is 38.0 Å². The lowest BCUT2D eigenvalue weighted by Gasteiger charge is -2.18. The van der Waals surface area contributed by atoms with Crippen molar-refractivity contribution < 1.29 is 0 Å². The maximum atomic E-state index is 5.73. The van der Waals surface area contributed by atoms with E-state index >= 15 is 0 Å². The maximum absolute atomic E-state index is 5.73. The summed E-state index contributed by atoms with van der Waals surface area (Å²) >= 11 is 8.82. The van der Waals surface area contributed by atoms with E-state index in [9.17, 15) is 0 Å². The second-order valence-electron chi connectivity index (χ2n) is 4.24. The first-order chi connectivity index (χ1) is 8.54. The van der Waals surface area contributed by atoms with Crippen LogP contribution in [0.2, 0.25) is 0 Å². The molecule has 0 aliphatic carbocycles. The molecule has 0 spiro atoms. The molecule has 0 saturated carbocycles. The van der Waals surface area contributed by atoms with Crippen molar-refractivity contribution in [3.8, 4) is 0 Å². The number of hydrazine groups is 1. The molecule has 1 aromatic carbocycles. The molecule has 2 nitrogen and oxygen atoms in total. The summed E-state index contributed by atoms with van der Waals surface area (Å²) in [7, 11) is 0. The Balaban J connectivity index is 2.49. The van der Waals surface area contributed by atoms with E-state index in [0.29, 0.717) is 0 Å². The van der Waals surface area contributed by atoms with Gasteiger partial charge >= 0.3 is 0 Å². The van der Waals surface area contributed by atoms with Crippen molar-refractivity contribution in [1.29, 1.82) is 0 Å². The second-order valence-corrected chi connectivity index (χ2v) is 6.63. The molecule has 1 atom stereocenters. The van der Waals surface area contributed by atoms with Gasteiger partial charge in [0, 0.05) is 14.3 Å². The van der Waals surface area contributed by atoms with Crippen LogP contribution in [0.1, 0.15) is 28.3 Å². The van der Waals surface area contributed by atoms with E-state index < -0.39 is 0 Å². The molecule has 0 bridgehead atoms. The Morgan fingerprint density at radius 2 is 1.78 bits per heavy atom. The Labute approximate surface area is 128 Å². The van der Waals surface area contributed by atoms with Crippen LogP contribution in [-0.2, 0) is 0 Å². The highest BCUT2D eigenvalue weighted by molar-refractivity contribution is 9.10. The normalized spacial score (nSPS) is 12.7. The van der Waals surface area contributed by atoms with Crippen LogP contribution in [0.5, 0.6) is 0 Å². The van der Waals surface area contributed by atoms with Crippen molar-refractivity contribution in [2.24, 2.45) is 5.84 Å². The first-order valence-corrected chi connectivity index (χ1v) is 8.01. The molecule has 3 N–H and O–H groups in total. The first-order valence-electron chi connectivity index (χ1n) is 5.49. The molecule has 0 radical (unpaired) electrons. The maximum Gasteiger partial charge on any atom is 0.0729 e. The summed E-state index contributed by atoms with van der Waals surface area (Å²) in [6.45, 7) is 4.19. The fourth-order valence-electron chi connectivity index (χ4n) is 2.01. The Kier molecular flexibility index (Phi) is 4.61. The number of halogens is 2. The summed E-state index contributed by atoms with van der Waals surface area (Å²) < 4.78 is 2.25. The van der Waals surface area contributed by atoms with Gasteiger partial charge in [0.1, 0.15) is 0 Å². The lowest BCUT2D eigenvalue weighted by atomic mass is 9.98. The second kappa shape index (κ2) is 5.84. The highest BCUT2D eigenvalue weighted by Gasteiger charge is 2.17. The molecular weight excluding hydrogens is 376 g/mol. The zero-order chi connectivity index (χ0) is 13.3. The number of hydrogen-bond donors (Lipinski definition) is 2. The molecule has 96 valence electrons. The van der Waals surface area contributed by atoms with Crippen LogP contribution in [0.15, 0.2) is 31.8 Å². The van der Waals surface area contributed by atoms with Gasteiger partial charge in [-0.15, -0.1) is 0 Å². The van der Waals surface area contributed by atoms with Gasteiger partial charge in [-0.2, -0.15) is 11.3 Å². The van der Waals surface area contributed by atoms with Crippen molar-refractivity contribution in [3.05, 3.63) is 54.1 Å². The molecule has 2 rings (SSSR count). The Hall–Kier alpha value is -0.200. The third-order valence-electron chi connectivity index (χ3n) is 2.91. The van der Waals surface area contributed by atoms with Crippen LogP contribution in [0, 0.1) is 13.8 Å². The highest BCUT2D eigenvalue weighted by Crippen LogP contribution is 2.33. The lowest BCUT2D eigenvalue weighted by molar-refractivity contribution is 0.635. The molecule has 18 heavy (non-hydrogen) atoms. The van der Waals surface area contributed by atoms with Gasteiger partial charge in [-0.3, -0.25) is 5.84 Å². The van der Waals surface area contributed by atoms with E-state index in [2.05, 4.69) is 74.0 Å². The van der Waals surface area contributed by atoms with E-state index in [0.717, 1.165) is 8.95 Å². The molecule has 1 unspecified atom stereocenters. The molecule has 0 aliphatic heterocycles. The average molecular weight is 390 g/mol. The third-order valence-corrected chi connectivity index (χ3v) is 5.91. The fourth-order valence-corrected chi connectivity index (χ4v) is 3.79. The van der Waals surface area contributed by atoms with Crippen LogP contribution in [0.4, 0.5) is 0 Å². The van der Waals surface area contributed by atoms with Crippen molar-refractivity contribution in [1.82, 2.24) is 5.43 Å². The predicted molar refractivity (Wildman–Crippen MR) is 84.8 cm³/mol. The Bertz CT molecular complexity index is 543. The van der Waals surface area contributed by atoms with Gasteiger partial charge in [-0.05, 0) is 57.4 Å². The standard InChI is InChI=1S/C13H14Br2N2S/c1-7-3-9(4-8(2)12(7)15)13(17-16)10-5-18-6-11(10)14/h3-6,13,17H,16H2,1-2H3. The largest absolute Gasteiger partial charge is 0.271 e. The molecular formula is C13H14Br2N2S. The summed E-state index contributed by atoms with van der Waals surface area (Å²) in [5.41, 5.74) is 7.68. The summed E-state index contributed by atoms with van der Waals surface area (Å²) in [5.74, 6) is 5.73. The minimum absolute atomic E-state index is 0.0103. The van der Waals surface area contributed by atoms with Crippen LogP contribution in [0.25, 0.3) is 0 Å². The van der Waals surface area contributed by atoms with Gasteiger partial charge in [-0.25, -0.2) is 5.43 Å². The molecule has 0 fully saturated rings. The Morgan fingerprint density at radius 3 is 2.22 bits per heavy atom. The van der Waals surface area contributed by atoms with E-state index in [1.54, 1.807) is 11.3 Å². The van der Waals surface area contributed by atoms with Gasteiger partial charge in [0.15, 0.2) is 0 Å². The van der Waals surface area contributed by atoms with E-state index in [4.69, 9.17) is 5.84 Å². The molecule has 0 saturated heterocycles. The summed E-state index contributed by atoms with van der Waals surface area (Å²) in [4.78, 5) is 0. The number of hydrogen-bond acceptors (Lipinski definition) is 3. The zero-order valence-electron chi connectivity index (χ0n) is 10.1. The van der Waals surface area contributed by atoms with Crippen LogP contribution in [0.3, 0.4) is 0 Å². The number of nitrogens with two attached hydrogens (primary N) is 1. The van der Waals surface area contributed by atoms with Gasteiger partial charge in [0.05, 0.1) is 6.04 Å². The quantitative estimate of drug-likeness (QED) is 0.601. The van der Waals surface area contributed by atoms with Gasteiger partial charge in [-0.1, -0.05) is 28.1 Å². The lowest BCUT2D eigenvalue weighted by Crippen LogP contribution is -2.28. The van der Waals surface area contributed by atoms with Crippen LogP contribution < -0.4 is 11.3 Å². The van der Waals surface area contributed by atoms with Gasteiger partial charge in [0.2, 0.25) is 0 Å². The van der Waals surface area contributed by atoms with E-state index in [-0.39, 0.29) is 6.04 Å². The zero-order valence-corrected chi connectivity index (χ0v) is 14.1. The van der Waals surface area contributed by atoms with Crippen LogP contribution >= 0.6 is 43.2 Å².